The second-order valence-electron chi connectivity index (χ2n) is 5.59. The van der Waals surface area contributed by atoms with Crippen LogP contribution in [0.25, 0.3) is 0 Å². The fraction of sp³-hybridized carbons (Fsp3) is 0.571. The fourth-order valence-corrected chi connectivity index (χ4v) is 5.22. The first-order valence-corrected chi connectivity index (χ1v) is 8.17. The Morgan fingerprint density at radius 2 is 1.83 bits per heavy atom. The second-order valence-corrected chi connectivity index (χ2v) is 7.82. The molecule has 0 saturated carbocycles. The third-order valence-corrected chi connectivity index (χ3v) is 6.36. The van der Waals surface area contributed by atoms with E-state index in [1.54, 1.807) is 12.1 Å². The van der Waals surface area contributed by atoms with E-state index in [0.717, 1.165) is 31.2 Å². The summed E-state index contributed by atoms with van der Waals surface area (Å²) in [5, 5.41) is 3.29. The molecule has 2 aliphatic rings. The van der Waals surface area contributed by atoms with Crippen LogP contribution in [0.15, 0.2) is 29.2 Å². The lowest BCUT2D eigenvalue weighted by molar-refractivity contribution is 0.401. The molecule has 2 aliphatic heterocycles. The van der Waals surface area contributed by atoms with E-state index in [9.17, 15) is 8.42 Å². The van der Waals surface area contributed by atoms with Gasteiger partial charge in [0.05, 0.1) is 10.1 Å². The topological polar surface area (TPSA) is 46.2 Å². The van der Waals surface area contributed by atoms with E-state index < -0.39 is 9.84 Å². The maximum absolute atomic E-state index is 12.6. The van der Waals surface area contributed by atoms with Gasteiger partial charge in [-0.2, -0.15) is 0 Å². The van der Waals surface area contributed by atoms with E-state index in [-0.39, 0.29) is 5.25 Å². The first-order chi connectivity index (χ1) is 8.55. The minimum absolute atomic E-state index is 0.196. The van der Waals surface area contributed by atoms with Crippen molar-refractivity contribution in [3.8, 4) is 0 Å². The lowest BCUT2D eigenvalue weighted by Crippen LogP contribution is -2.43. The minimum Gasteiger partial charge on any atom is -0.311 e. The number of piperidine rings is 1. The molecule has 0 aliphatic carbocycles. The molecule has 0 spiro atoms. The van der Waals surface area contributed by atoms with Crippen LogP contribution in [-0.4, -0.2) is 25.8 Å². The summed E-state index contributed by atoms with van der Waals surface area (Å²) in [6.45, 7) is 1.94. The zero-order chi connectivity index (χ0) is 12.8. The SMILES string of the molecule is Cc1cccc(S(=O)(=O)C2CC3CCC(C2)N3)c1. The van der Waals surface area contributed by atoms with Gasteiger partial charge in [0, 0.05) is 12.1 Å². The second kappa shape index (κ2) is 4.35. The number of nitrogens with one attached hydrogen (secondary N) is 1. The number of sulfone groups is 1. The van der Waals surface area contributed by atoms with E-state index in [1.165, 1.54) is 0 Å². The normalized spacial score (nSPS) is 31.5. The molecule has 0 aromatic heterocycles. The molecule has 1 aromatic carbocycles. The fourth-order valence-electron chi connectivity index (χ4n) is 3.24. The third kappa shape index (κ3) is 2.08. The van der Waals surface area contributed by atoms with Crippen LogP contribution in [0.1, 0.15) is 31.2 Å². The van der Waals surface area contributed by atoms with E-state index >= 15 is 0 Å². The predicted octanol–water partition coefficient (Wildman–Crippen LogP) is 2.05. The maximum atomic E-state index is 12.6. The molecular weight excluding hydrogens is 246 g/mol. The van der Waals surface area contributed by atoms with Gasteiger partial charge >= 0.3 is 0 Å². The van der Waals surface area contributed by atoms with Crippen molar-refractivity contribution in [2.45, 2.75) is 54.8 Å². The van der Waals surface area contributed by atoms with Gasteiger partial charge in [-0.1, -0.05) is 12.1 Å². The Morgan fingerprint density at radius 3 is 2.44 bits per heavy atom. The molecule has 0 amide bonds. The Hall–Kier alpha value is -0.870. The first-order valence-electron chi connectivity index (χ1n) is 6.62. The highest BCUT2D eigenvalue weighted by atomic mass is 32.2. The molecule has 2 heterocycles. The van der Waals surface area contributed by atoms with Gasteiger partial charge in [-0.3, -0.25) is 0 Å². The summed E-state index contributed by atoms with van der Waals surface area (Å²) in [6, 6.07) is 8.11. The number of rotatable bonds is 2. The average molecular weight is 265 g/mol. The quantitative estimate of drug-likeness (QED) is 0.890. The van der Waals surface area contributed by atoms with Crippen molar-refractivity contribution < 1.29 is 8.42 Å². The maximum Gasteiger partial charge on any atom is 0.181 e. The molecule has 3 rings (SSSR count). The Balaban J connectivity index is 1.91. The Labute approximate surface area is 109 Å². The zero-order valence-electron chi connectivity index (χ0n) is 10.6. The predicted molar refractivity (Wildman–Crippen MR) is 71.3 cm³/mol. The lowest BCUT2D eigenvalue weighted by Gasteiger charge is -2.28. The molecule has 1 N–H and O–H groups in total. The molecule has 1 aromatic rings. The van der Waals surface area contributed by atoms with Crippen molar-refractivity contribution in [1.29, 1.82) is 0 Å². The van der Waals surface area contributed by atoms with E-state index in [1.807, 2.05) is 19.1 Å². The molecule has 2 fully saturated rings. The molecular formula is C14H19NO2S. The summed E-state index contributed by atoms with van der Waals surface area (Å²) in [5.74, 6) is 0. The number of aryl methyl sites for hydroxylation is 1. The van der Waals surface area contributed by atoms with E-state index in [2.05, 4.69) is 5.32 Å². The molecule has 2 unspecified atom stereocenters. The largest absolute Gasteiger partial charge is 0.311 e. The van der Waals surface area contributed by atoms with E-state index in [4.69, 9.17) is 0 Å². The van der Waals surface area contributed by atoms with Crippen LogP contribution in [0.5, 0.6) is 0 Å². The van der Waals surface area contributed by atoms with Crippen molar-refractivity contribution in [1.82, 2.24) is 5.32 Å². The number of hydrogen-bond donors (Lipinski definition) is 1. The molecule has 2 bridgehead atoms. The smallest absolute Gasteiger partial charge is 0.181 e. The van der Waals surface area contributed by atoms with Gasteiger partial charge in [0.25, 0.3) is 0 Å². The molecule has 18 heavy (non-hydrogen) atoms. The van der Waals surface area contributed by atoms with Gasteiger partial charge in [-0.15, -0.1) is 0 Å². The van der Waals surface area contributed by atoms with Gasteiger partial charge in [-0.25, -0.2) is 8.42 Å². The summed E-state index contributed by atoms with van der Waals surface area (Å²) >= 11 is 0. The molecule has 0 radical (unpaired) electrons. The van der Waals surface area contributed by atoms with Crippen molar-refractivity contribution in [2.24, 2.45) is 0 Å². The van der Waals surface area contributed by atoms with Crippen molar-refractivity contribution >= 4 is 9.84 Å². The Kier molecular flexibility index (Phi) is 2.94. The van der Waals surface area contributed by atoms with Crippen LogP contribution in [0.3, 0.4) is 0 Å². The highest BCUT2D eigenvalue weighted by Gasteiger charge is 2.40. The van der Waals surface area contributed by atoms with Gasteiger partial charge in [-0.05, 0) is 50.3 Å². The Morgan fingerprint density at radius 1 is 1.17 bits per heavy atom. The Bertz CT molecular complexity index is 541. The molecule has 2 atom stereocenters. The van der Waals surface area contributed by atoms with Crippen molar-refractivity contribution in [3.05, 3.63) is 29.8 Å². The standard InChI is InChI=1S/C14H19NO2S/c1-10-3-2-4-13(7-10)18(16,17)14-8-11-5-6-12(9-14)15-11/h2-4,7,11-12,14-15H,5-6,8-9H2,1H3. The van der Waals surface area contributed by atoms with Gasteiger partial charge in [0.15, 0.2) is 9.84 Å². The summed E-state index contributed by atoms with van der Waals surface area (Å²) in [5.41, 5.74) is 1.01. The van der Waals surface area contributed by atoms with Gasteiger partial charge < -0.3 is 5.32 Å². The average Bonchev–Trinajstić information content (AvgIpc) is 2.68. The summed E-state index contributed by atoms with van der Waals surface area (Å²) in [4.78, 5) is 0.494. The molecule has 98 valence electrons. The molecule has 3 nitrogen and oxygen atoms in total. The van der Waals surface area contributed by atoms with Crippen LogP contribution in [0.2, 0.25) is 0 Å². The van der Waals surface area contributed by atoms with Crippen LogP contribution in [-0.2, 0) is 9.84 Å². The van der Waals surface area contributed by atoms with Crippen LogP contribution in [0, 0.1) is 6.92 Å². The molecule has 4 heteroatoms. The summed E-state index contributed by atoms with van der Waals surface area (Å²) < 4.78 is 25.3. The minimum atomic E-state index is -3.15. The number of fused-ring (bicyclic) bond motifs is 2. The lowest BCUT2D eigenvalue weighted by atomic mass is 10.1. The third-order valence-electron chi connectivity index (χ3n) is 4.19. The van der Waals surface area contributed by atoms with Gasteiger partial charge in [0.2, 0.25) is 0 Å². The van der Waals surface area contributed by atoms with Gasteiger partial charge in [0.1, 0.15) is 0 Å². The highest BCUT2D eigenvalue weighted by molar-refractivity contribution is 7.92. The highest BCUT2D eigenvalue weighted by Crippen LogP contribution is 2.33. The summed E-state index contributed by atoms with van der Waals surface area (Å²) in [7, 11) is -3.15. The summed E-state index contributed by atoms with van der Waals surface area (Å²) in [6.07, 6.45) is 3.80. The first kappa shape index (κ1) is 12.2. The van der Waals surface area contributed by atoms with Crippen LogP contribution < -0.4 is 5.32 Å². The van der Waals surface area contributed by atoms with Crippen LogP contribution in [0.4, 0.5) is 0 Å². The number of benzene rings is 1. The number of hydrogen-bond acceptors (Lipinski definition) is 3. The van der Waals surface area contributed by atoms with E-state index in [0.29, 0.717) is 17.0 Å². The van der Waals surface area contributed by atoms with Crippen molar-refractivity contribution in [3.63, 3.8) is 0 Å². The van der Waals surface area contributed by atoms with Crippen molar-refractivity contribution in [2.75, 3.05) is 0 Å². The molecule has 2 saturated heterocycles. The van der Waals surface area contributed by atoms with Crippen LogP contribution >= 0.6 is 0 Å². The zero-order valence-corrected chi connectivity index (χ0v) is 11.4. The monoisotopic (exact) mass is 265 g/mol.